The molecule has 2 aromatic rings. The first-order chi connectivity index (χ1) is 14.5. The molecule has 1 aliphatic heterocycles. The Hall–Kier alpha value is -1.87. The first kappa shape index (κ1) is 25.4. The monoisotopic (exact) mass is 537 g/mol. The molecule has 0 saturated carbocycles. The lowest BCUT2D eigenvalue weighted by Gasteiger charge is -2.22. The summed E-state index contributed by atoms with van der Waals surface area (Å²) in [6.45, 7) is 13.1. The summed E-state index contributed by atoms with van der Waals surface area (Å²) in [6, 6.07) is 14.6. The first-order valence-electron chi connectivity index (χ1n) is 11.0. The van der Waals surface area contributed by atoms with E-state index in [0.717, 1.165) is 36.7 Å². The summed E-state index contributed by atoms with van der Waals surface area (Å²) >= 11 is 0. The molecule has 31 heavy (non-hydrogen) atoms. The quantitative estimate of drug-likeness (QED) is 0.324. The lowest BCUT2D eigenvalue weighted by Crippen LogP contribution is -2.46. The van der Waals surface area contributed by atoms with E-state index >= 15 is 0 Å². The van der Waals surface area contributed by atoms with Crippen molar-refractivity contribution in [3.8, 4) is 0 Å². The minimum Gasteiger partial charge on any atom is -0.357 e. The molecule has 0 radical (unpaired) electrons. The number of nitrogens with zero attached hydrogens (tertiary/aromatic N) is 3. The first-order valence-corrected chi connectivity index (χ1v) is 11.0. The summed E-state index contributed by atoms with van der Waals surface area (Å²) in [7, 11) is 0. The average molecular weight is 537 g/mol. The topological polar surface area (TPSA) is 61.7 Å². The van der Waals surface area contributed by atoms with Crippen LogP contribution < -0.4 is 16.2 Å². The average Bonchev–Trinajstić information content (AvgIpc) is 3.10. The molecule has 0 bridgehead atoms. The Morgan fingerprint density at radius 1 is 1.13 bits per heavy atom. The van der Waals surface area contributed by atoms with Gasteiger partial charge in [0.05, 0.1) is 13.1 Å². The molecule has 1 aliphatic rings. The van der Waals surface area contributed by atoms with E-state index in [0.29, 0.717) is 31.1 Å². The van der Waals surface area contributed by atoms with Gasteiger partial charge in [-0.2, -0.15) is 0 Å². The van der Waals surface area contributed by atoms with Crippen LogP contribution in [0.25, 0.3) is 0 Å². The summed E-state index contributed by atoms with van der Waals surface area (Å²) in [5.41, 5.74) is 2.28. The SMILES string of the molecule is CCNC(=NCc1ccc(Cn2ccccc2=O)cc1)NC1CN(C(C)C)CC1C.I. The van der Waals surface area contributed by atoms with Crippen molar-refractivity contribution < 1.29 is 0 Å². The molecule has 2 N–H and O–H groups in total. The van der Waals surface area contributed by atoms with Gasteiger partial charge in [0.2, 0.25) is 0 Å². The minimum atomic E-state index is 0. The number of nitrogens with one attached hydrogen (secondary N) is 2. The lowest BCUT2D eigenvalue weighted by molar-refractivity contribution is 0.265. The highest BCUT2D eigenvalue weighted by molar-refractivity contribution is 14.0. The normalized spacial score (nSPS) is 19.3. The van der Waals surface area contributed by atoms with Crippen LogP contribution >= 0.6 is 24.0 Å². The zero-order valence-electron chi connectivity index (χ0n) is 19.0. The van der Waals surface area contributed by atoms with E-state index in [4.69, 9.17) is 4.99 Å². The minimum absolute atomic E-state index is 0. The molecule has 2 atom stereocenters. The summed E-state index contributed by atoms with van der Waals surface area (Å²) in [5, 5.41) is 7.01. The van der Waals surface area contributed by atoms with Gasteiger partial charge in [-0.15, -0.1) is 24.0 Å². The Bertz CT molecular complexity index is 893. The number of likely N-dealkylation sites (tertiary alicyclic amines) is 1. The van der Waals surface area contributed by atoms with Gasteiger partial charge in [-0.05, 0) is 43.9 Å². The van der Waals surface area contributed by atoms with Crippen LogP contribution in [0.5, 0.6) is 0 Å². The Morgan fingerprint density at radius 3 is 2.45 bits per heavy atom. The lowest BCUT2D eigenvalue weighted by atomic mass is 10.1. The Kier molecular flexibility index (Phi) is 10.0. The number of hydrogen-bond acceptors (Lipinski definition) is 3. The molecular formula is C24H36IN5O. The molecule has 6 nitrogen and oxygen atoms in total. The predicted molar refractivity (Wildman–Crippen MR) is 139 cm³/mol. The van der Waals surface area contributed by atoms with Gasteiger partial charge in [0.15, 0.2) is 5.96 Å². The van der Waals surface area contributed by atoms with E-state index in [2.05, 4.69) is 67.5 Å². The zero-order valence-corrected chi connectivity index (χ0v) is 21.4. The van der Waals surface area contributed by atoms with Crippen molar-refractivity contribution in [3.05, 3.63) is 70.1 Å². The predicted octanol–water partition coefficient (Wildman–Crippen LogP) is 3.30. The number of benzene rings is 1. The summed E-state index contributed by atoms with van der Waals surface area (Å²) in [6.07, 6.45) is 1.82. The van der Waals surface area contributed by atoms with Crippen LogP contribution in [-0.4, -0.2) is 47.1 Å². The molecule has 1 fully saturated rings. The van der Waals surface area contributed by atoms with Gasteiger partial charge >= 0.3 is 0 Å². The van der Waals surface area contributed by atoms with Crippen LogP contribution in [0.3, 0.4) is 0 Å². The van der Waals surface area contributed by atoms with E-state index < -0.39 is 0 Å². The summed E-state index contributed by atoms with van der Waals surface area (Å²) in [4.78, 5) is 19.2. The van der Waals surface area contributed by atoms with Crippen molar-refractivity contribution >= 4 is 29.9 Å². The van der Waals surface area contributed by atoms with Crippen LogP contribution in [0.15, 0.2) is 58.4 Å². The molecule has 3 rings (SSSR count). The second kappa shape index (κ2) is 12.2. The molecule has 0 aliphatic carbocycles. The molecule has 170 valence electrons. The molecule has 0 amide bonds. The van der Waals surface area contributed by atoms with Crippen molar-refractivity contribution in [2.24, 2.45) is 10.9 Å². The van der Waals surface area contributed by atoms with Gasteiger partial charge in [0, 0.05) is 44.0 Å². The number of halogens is 1. The second-order valence-electron chi connectivity index (χ2n) is 8.45. The summed E-state index contributed by atoms with van der Waals surface area (Å²) in [5.74, 6) is 1.47. The molecule has 2 heterocycles. The Labute approximate surface area is 203 Å². The number of hydrogen-bond donors (Lipinski definition) is 2. The smallest absolute Gasteiger partial charge is 0.250 e. The van der Waals surface area contributed by atoms with Crippen LogP contribution in [0, 0.1) is 5.92 Å². The summed E-state index contributed by atoms with van der Waals surface area (Å²) < 4.78 is 1.71. The Morgan fingerprint density at radius 2 is 1.84 bits per heavy atom. The number of aromatic nitrogens is 1. The molecule has 1 saturated heterocycles. The molecule has 1 aromatic carbocycles. The third-order valence-electron chi connectivity index (χ3n) is 5.73. The van der Waals surface area contributed by atoms with Crippen LogP contribution in [0.1, 0.15) is 38.8 Å². The van der Waals surface area contributed by atoms with Gasteiger partial charge in [-0.1, -0.05) is 37.3 Å². The number of aliphatic imine (C=N–C) groups is 1. The van der Waals surface area contributed by atoms with Crippen LogP contribution in [0.2, 0.25) is 0 Å². The standard InChI is InChI=1S/C24H35N5O.HI/c1-5-25-24(27-22-17-29(18(2)3)15-19(22)4)26-14-20-9-11-21(12-10-20)16-28-13-7-6-8-23(28)30;/h6-13,18-19,22H,5,14-17H2,1-4H3,(H2,25,26,27);1H. The number of rotatable bonds is 7. The highest BCUT2D eigenvalue weighted by atomic mass is 127. The number of pyridine rings is 1. The van der Waals surface area contributed by atoms with Crippen molar-refractivity contribution in [3.63, 3.8) is 0 Å². The van der Waals surface area contributed by atoms with Gasteiger partial charge in [0.1, 0.15) is 0 Å². The maximum Gasteiger partial charge on any atom is 0.250 e. The Balaban J connectivity index is 0.00000341. The van der Waals surface area contributed by atoms with E-state index in [1.807, 2.05) is 12.3 Å². The van der Waals surface area contributed by atoms with Crippen LogP contribution in [0.4, 0.5) is 0 Å². The fraction of sp³-hybridized carbons (Fsp3) is 0.500. The van der Waals surface area contributed by atoms with Gasteiger partial charge in [-0.25, -0.2) is 4.99 Å². The highest BCUT2D eigenvalue weighted by Gasteiger charge is 2.31. The number of guanidine groups is 1. The van der Waals surface area contributed by atoms with E-state index in [1.54, 1.807) is 16.7 Å². The largest absolute Gasteiger partial charge is 0.357 e. The second-order valence-corrected chi connectivity index (χ2v) is 8.45. The molecule has 7 heteroatoms. The van der Waals surface area contributed by atoms with Gasteiger partial charge < -0.3 is 15.2 Å². The van der Waals surface area contributed by atoms with E-state index in [1.165, 1.54) is 0 Å². The van der Waals surface area contributed by atoms with Gasteiger partial charge in [-0.3, -0.25) is 9.69 Å². The third-order valence-corrected chi connectivity index (χ3v) is 5.73. The molecule has 0 spiro atoms. The fourth-order valence-electron chi connectivity index (χ4n) is 3.82. The van der Waals surface area contributed by atoms with Gasteiger partial charge in [0.25, 0.3) is 5.56 Å². The molecule has 1 aromatic heterocycles. The molecule has 2 unspecified atom stereocenters. The highest BCUT2D eigenvalue weighted by Crippen LogP contribution is 2.18. The molecular weight excluding hydrogens is 501 g/mol. The maximum absolute atomic E-state index is 11.9. The van der Waals surface area contributed by atoms with E-state index in [-0.39, 0.29) is 29.5 Å². The van der Waals surface area contributed by atoms with Crippen LogP contribution in [-0.2, 0) is 13.1 Å². The fourth-order valence-corrected chi connectivity index (χ4v) is 3.82. The maximum atomic E-state index is 11.9. The van der Waals surface area contributed by atoms with Crippen molar-refractivity contribution in [1.29, 1.82) is 0 Å². The zero-order chi connectivity index (χ0) is 21.5. The van der Waals surface area contributed by atoms with Crippen molar-refractivity contribution in [2.75, 3.05) is 19.6 Å². The van der Waals surface area contributed by atoms with E-state index in [9.17, 15) is 4.79 Å². The van der Waals surface area contributed by atoms with Crippen molar-refractivity contribution in [2.45, 2.75) is 52.9 Å². The van der Waals surface area contributed by atoms with Crippen molar-refractivity contribution in [1.82, 2.24) is 20.1 Å². The third kappa shape index (κ3) is 7.35.